The Labute approximate surface area is 210 Å². The minimum atomic E-state index is -4.03. The van der Waals surface area contributed by atoms with Crippen molar-refractivity contribution in [2.75, 3.05) is 11.9 Å². The Morgan fingerprint density at radius 2 is 1.67 bits per heavy atom. The van der Waals surface area contributed by atoms with E-state index in [0.29, 0.717) is 21.8 Å². The standard InChI is InChI=1S/C23H19BrCl2N2O4S/c1-15(29)17-3-2-4-19(12-17)27-23(30)14-28(13-16-5-10-21(25)22(26)11-16)33(31,32)20-8-6-18(24)7-9-20/h2-12H,13-14H2,1H3,(H,27,30). The van der Waals surface area contributed by atoms with Crippen LogP contribution >= 0.6 is 39.1 Å². The molecule has 0 unspecified atom stereocenters. The number of rotatable bonds is 8. The van der Waals surface area contributed by atoms with Crippen LogP contribution in [0, 0.1) is 0 Å². The van der Waals surface area contributed by atoms with Gasteiger partial charge in [0.2, 0.25) is 15.9 Å². The fourth-order valence-electron chi connectivity index (χ4n) is 3.00. The number of amides is 1. The summed E-state index contributed by atoms with van der Waals surface area (Å²) in [5, 5.41) is 3.27. The number of hydrogen-bond acceptors (Lipinski definition) is 4. The van der Waals surface area contributed by atoms with Crippen molar-refractivity contribution in [3.05, 3.63) is 92.4 Å². The molecule has 3 aromatic rings. The van der Waals surface area contributed by atoms with Gasteiger partial charge < -0.3 is 5.32 Å². The average Bonchev–Trinajstić information content (AvgIpc) is 2.76. The van der Waals surface area contributed by atoms with E-state index in [1.54, 1.807) is 48.5 Å². The van der Waals surface area contributed by atoms with Crippen LogP contribution in [-0.4, -0.2) is 31.0 Å². The summed E-state index contributed by atoms with van der Waals surface area (Å²) in [7, 11) is -4.03. The van der Waals surface area contributed by atoms with Crippen molar-refractivity contribution in [2.45, 2.75) is 18.4 Å². The van der Waals surface area contributed by atoms with Gasteiger partial charge in [-0.25, -0.2) is 8.42 Å². The van der Waals surface area contributed by atoms with E-state index in [4.69, 9.17) is 23.2 Å². The first-order valence-corrected chi connectivity index (χ1v) is 12.7. The number of anilines is 1. The Kier molecular flexibility index (Phi) is 8.31. The van der Waals surface area contributed by atoms with Crippen LogP contribution in [0.15, 0.2) is 76.1 Å². The molecular weight excluding hydrogens is 551 g/mol. The lowest BCUT2D eigenvalue weighted by atomic mass is 10.1. The molecule has 0 aliphatic heterocycles. The van der Waals surface area contributed by atoms with E-state index in [1.165, 1.54) is 25.1 Å². The summed E-state index contributed by atoms with van der Waals surface area (Å²) >= 11 is 15.3. The van der Waals surface area contributed by atoms with Crippen LogP contribution in [0.25, 0.3) is 0 Å². The molecular formula is C23H19BrCl2N2O4S. The summed E-state index contributed by atoms with van der Waals surface area (Å²) in [6.45, 7) is 0.865. The van der Waals surface area contributed by atoms with E-state index in [-0.39, 0.29) is 22.2 Å². The summed E-state index contributed by atoms with van der Waals surface area (Å²) in [6.07, 6.45) is 0. The lowest BCUT2D eigenvalue weighted by Crippen LogP contribution is -2.37. The highest BCUT2D eigenvalue weighted by Crippen LogP contribution is 2.26. The highest BCUT2D eigenvalue weighted by molar-refractivity contribution is 9.10. The number of hydrogen-bond donors (Lipinski definition) is 1. The SMILES string of the molecule is CC(=O)c1cccc(NC(=O)CN(Cc2ccc(Cl)c(Cl)c2)S(=O)(=O)c2ccc(Br)cc2)c1. The number of nitrogens with zero attached hydrogens (tertiary/aromatic N) is 1. The Balaban J connectivity index is 1.89. The van der Waals surface area contributed by atoms with Gasteiger partial charge in [0.15, 0.2) is 5.78 Å². The molecule has 0 spiro atoms. The second-order valence-electron chi connectivity index (χ2n) is 7.16. The van der Waals surface area contributed by atoms with Gasteiger partial charge in [-0.3, -0.25) is 9.59 Å². The number of nitrogens with one attached hydrogen (secondary N) is 1. The van der Waals surface area contributed by atoms with E-state index in [2.05, 4.69) is 21.2 Å². The number of ketones is 1. The summed E-state index contributed by atoms with van der Waals surface area (Å²) in [4.78, 5) is 24.4. The zero-order valence-electron chi connectivity index (χ0n) is 17.4. The summed E-state index contributed by atoms with van der Waals surface area (Å²) in [6, 6.07) is 17.3. The van der Waals surface area contributed by atoms with Gasteiger partial charge in [0, 0.05) is 22.3 Å². The number of carbonyl (C=O) groups excluding carboxylic acids is 2. The molecule has 33 heavy (non-hydrogen) atoms. The Morgan fingerprint density at radius 1 is 0.970 bits per heavy atom. The topological polar surface area (TPSA) is 83.6 Å². The minimum absolute atomic E-state index is 0.0390. The van der Waals surface area contributed by atoms with Gasteiger partial charge in [-0.15, -0.1) is 0 Å². The van der Waals surface area contributed by atoms with E-state index >= 15 is 0 Å². The first kappa shape index (κ1) is 25.4. The van der Waals surface area contributed by atoms with Crippen molar-refractivity contribution in [1.82, 2.24) is 4.31 Å². The van der Waals surface area contributed by atoms with Crippen molar-refractivity contribution in [1.29, 1.82) is 0 Å². The van der Waals surface area contributed by atoms with Crippen LogP contribution in [0.2, 0.25) is 10.0 Å². The van der Waals surface area contributed by atoms with Gasteiger partial charge in [-0.05, 0) is 61.0 Å². The molecule has 0 heterocycles. The predicted molar refractivity (Wildman–Crippen MR) is 133 cm³/mol. The molecule has 0 bridgehead atoms. The molecule has 0 saturated carbocycles. The molecule has 0 aliphatic carbocycles. The third-order valence-electron chi connectivity index (χ3n) is 4.67. The zero-order valence-corrected chi connectivity index (χ0v) is 21.3. The fraction of sp³-hybridized carbons (Fsp3) is 0.130. The fourth-order valence-corrected chi connectivity index (χ4v) is 4.97. The predicted octanol–water partition coefficient (Wildman–Crippen LogP) is 5.79. The van der Waals surface area contributed by atoms with Gasteiger partial charge in [0.1, 0.15) is 0 Å². The van der Waals surface area contributed by atoms with E-state index in [9.17, 15) is 18.0 Å². The molecule has 3 rings (SSSR count). The monoisotopic (exact) mass is 568 g/mol. The van der Waals surface area contributed by atoms with Gasteiger partial charge in [-0.1, -0.05) is 57.3 Å². The average molecular weight is 570 g/mol. The first-order valence-electron chi connectivity index (χ1n) is 9.67. The number of sulfonamides is 1. The van der Waals surface area contributed by atoms with Crippen molar-refractivity contribution >= 4 is 66.5 Å². The molecule has 3 aromatic carbocycles. The third kappa shape index (κ3) is 6.65. The molecule has 0 aromatic heterocycles. The third-order valence-corrected chi connectivity index (χ3v) is 7.74. The van der Waals surface area contributed by atoms with Gasteiger partial charge in [0.05, 0.1) is 21.5 Å². The second-order valence-corrected chi connectivity index (χ2v) is 10.8. The maximum Gasteiger partial charge on any atom is 0.243 e. The maximum atomic E-state index is 13.4. The van der Waals surface area contributed by atoms with Crippen LogP contribution in [0.4, 0.5) is 5.69 Å². The minimum Gasteiger partial charge on any atom is -0.325 e. The second kappa shape index (κ2) is 10.8. The van der Waals surface area contributed by atoms with E-state index in [1.807, 2.05) is 0 Å². The lowest BCUT2D eigenvalue weighted by Gasteiger charge is -2.22. The van der Waals surface area contributed by atoms with Gasteiger partial charge in [-0.2, -0.15) is 4.31 Å². The summed E-state index contributed by atoms with van der Waals surface area (Å²) < 4.78 is 28.5. The number of carbonyl (C=O) groups is 2. The van der Waals surface area contributed by atoms with Gasteiger partial charge in [0.25, 0.3) is 0 Å². The Morgan fingerprint density at radius 3 is 2.30 bits per heavy atom. The van der Waals surface area contributed by atoms with Crippen LogP contribution in [0.1, 0.15) is 22.8 Å². The molecule has 6 nitrogen and oxygen atoms in total. The molecule has 1 N–H and O–H groups in total. The highest BCUT2D eigenvalue weighted by Gasteiger charge is 2.27. The number of Topliss-reactive ketones (excluding diaryl/α,β-unsaturated/α-hetero) is 1. The molecule has 1 amide bonds. The van der Waals surface area contributed by atoms with Crippen LogP contribution in [0.5, 0.6) is 0 Å². The smallest absolute Gasteiger partial charge is 0.243 e. The van der Waals surface area contributed by atoms with E-state index < -0.39 is 22.5 Å². The normalized spacial score (nSPS) is 11.4. The van der Waals surface area contributed by atoms with E-state index in [0.717, 1.165) is 8.78 Å². The molecule has 0 atom stereocenters. The van der Waals surface area contributed by atoms with Crippen molar-refractivity contribution < 1.29 is 18.0 Å². The zero-order chi connectivity index (χ0) is 24.2. The van der Waals surface area contributed by atoms with Crippen molar-refractivity contribution in [2.24, 2.45) is 0 Å². The Bertz CT molecular complexity index is 1300. The van der Waals surface area contributed by atoms with Crippen molar-refractivity contribution in [3.8, 4) is 0 Å². The largest absolute Gasteiger partial charge is 0.325 e. The first-order chi connectivity index (χ1) is 15.6. The maximum absolute atomic E-state index is 13.4. The van der Waals surface area contributed by atoms with Gasteiger partial charge >= 0.3 is 0 Å². The molecule has 0 aliphatic rings. The molecule has 0 fully saturated rings. The molecule has 0 saturated heterocycles. The lowest BCUT2D eigenvalue weighted by molar-refractivity contribution is -0.116. The van der Waals surface area contributed by atoms with Crippen LogP contribution < -0.4 is 5.32 Å². The summed E-state index contributed by atoms with van der Waals surface area (Å²) in [5.41, 5.74) is 1.39. The molecule has 172 valence electrons. The highest BCUT2D eigenvalue weighted by atomic mass is 79.9. The van der Waals surface area contributed by atoms with Crippen molar-refractivity contribution in [3.63, 3.8) is 0 Å². The van der Waals surface area contributed by atoms with Crippen LogP contribution in [0.3, 0.4) is 0 Å². The quantitative estimate of drug-likeness (QED) is 0.348. The number of halogens is 3. The number of benzene rings is 3. The van der Waals surface area contributed by atoms with Crippen LogP contribution in [-0.2, 0) is 21.4 Å². The molecule has 0 radical (unpaired) electrons. The summed E-state index contributed by atoms with van der Waals surface area (Å²) in [5.74, 6) is -0.707. The molecule has 10 heteroatoms. The Hall–Kier alpha value is -2.23.